The van der Waals surface area contributed by atoms with E-state index in [2.05, 4.69) is 4.74 Å². The molecule has 0 aliphatic carbocycles. The Morgan fingerprint density at radius 1 is 0.822 bits per heavy atom. The molecule has 236 valence electrons. The lowest BCUT2D eigenvalue weighted by atomic mass is 9.89. The summed E-state index contributed by atoms with van der Waals surface area (Å²) in [5.74, 6) is -8.64. The molecule has 1 aliphatic heterocycles. The Labute approximate surface area is 253 Å². The van der Waals surface area contributed by atoms with Crippen molar-refractivity contribution < 1.29 is 73.2 Å². The van der Waals surface area contributed by atoms with E-state index in [9.17, 15) is 49.5 Å². The third-order valence-corrected chi connectivity index (χ3v) is 7.33. The molecule has 3 aromatic carbocycles. The van der Waals surface area contributed by atoms with Crippen molar-refractivity contribution in [1.29, 1.82) is 0 Å². The fraction of sp³-hybridized carbons (Fsp3) is 0.233. The standard InChI is InChI=1S/C30H26O15/c1-10-6-16(33)14(8-31)25(17(10)27(38)41-3)44-26-20-19(29(40)45-30(20)43-5)22(35)13(24(26)37)7-12-11(2)18(28(39)42-4)23(36)15(9-32)21(12)34/h6,8-9,30,33-37H,7H2,1-5H3/t30-/m0/s1. The van der Waals surface area contributed by atoms with E-state index in [-0.39, 0.29) is 40.4 Å². The highest BCUT2D eigenvalue weighted by Gasteiger charge is 2.42. The van der Waals surface area contributed by atoms with Crippen molar-refractivity contribution in [2.45, 2.75) is 26.6 Å². The van der Waals surface area contributed by atoms with Crippen molar-refractivity contribution in [1.82, 2.24) is 0 Å². The molecule has 1 heterocycles. The average molecular weight is 627 g/mol. The number of hydrogen-bond acceptors (Lipinski definition) is 15. The van der Waals surface area contributed by atoms with Gasteiger partial charge in [0.25, 0.3) is 0 Å². The van der Waals surface area contributed by atoms with Gasteiger partial charge in [-0.05, 0) is 31.0 Å². The third kappa shape index (κ3) is 4.98. The number of carbonyl (C=O) groups excluding carboxylic acids is 5. The van der Waals surface area contributed by atoms with E-state index < -0.39 is 98.7 Å². The number of benzene rings is 3. The van der Waals surface area contributed by atoms with Crippen LogP contribution in [0.5, 0.6) is 40.2 Å². The Balaban J connectivity index is 2.09. The summed E-state index contributed by atoms with van der Waals surface area (Å²) >= 11 is 0. The molecule has 0 fully saturated rings. The predicted octanol–water partition coefficient (Wildman–Crippen LogP) is 3.23. The van der Waals surface area contributed by atoms with Gasteiger partial charge in [0, 0.05) is 24.7 Å². The Kier molecular flexibility index (Phi) is 8.59. The Morgan fingerprint density at radius 3 is 1.98 bits per heavy atom. The van der Waals surface area contributed by atoms with E-state index in [1.807, 2.05) is 0 Å². The zero-order valence-corrected chi connectivity index (χ0v) is 24.3. The summed E-state index contributed by atoms with van der Waals surface area (Å²) in [6.45, 7) is 2.67. The fourth-order valence-electron chi connectivity index (χ4n) is 5.09. The van der Waals surface area contributed by atoms with Crippen LogP contribution in [-0.2, 0) is 25.4 Å². The summed E-state index contributed by atoms with van der Waals surface area (Å²) in [6, 6.07) is 1.10. The van der Waals surface area contributed by atoms with Gasteiger partial charge in [0.05, 0.1) is 30.9 Å². The number of cyclic esters (lactones) is 1. The van der Waals surface area contributed by atoms with Crippen molar-refractivity contribution >= 4 is 30.5 Å². The molecule has 0 bridgehead atoms. The molecule has 5 N–H and O–H groups in total. The lowest BCUT2D eigenvalue weighted by Gasteiger charge is -2.22. The van der Waals surface area contributed by atoms with Gasteiger partial charge in [-0.3, -0.25) is 9.59 Å². The van der Waals surface area contributed by atoms with Crippen LogP contribution in [0.4, 0.5) is 0 Å². The minimum absolute atomic E-state index is 0.0665. The molecular formula is C30H26O15. The minimum atomic E-state index is -1.58. The molecule has 0 spiro atoms. The van der Waals surface area contributed by atoms with Gasteiger partial charge < -0.3 is 49.2 Å². The molecule has 3 aromatic rings. The maximum absolute atomic E-state index is 12.9. The monoisotopic (exact) mass is 626 g/mol. The molecule has 0 amide bonds. The summed E-state index contributed by atoms with van der Waals surface area (Å²) in [5.41, 5.74) is -3.88. The number of hydrogen-bond donors (Lipinski definition) is 5. The Morgan fingerprint density at radius 2 is 1.42 bits per heavy atom. The Hall–Kier alpha value is -5.83. The Bertz CT molecular complexity index is 1800. The number of esters is 3. The molecule has 1 aliphatic rings. The van der Waals surface area contributed by atoms with Crippen molar-refractivity contribution in [2.24, 2.45) is 0 Å². The lowest BCUT2D eigenvalue weighted by molar-refractivity contribution is -0.0823. The topological polar surface area (TPSA) is 233 Å². The van der Waals surface area contributed by atoms with Crippen LogP contribution in [0.25, 0.3) is 0 Å². The SMILES string of the molecule is COC(=O)c1c(C)c(Cc2c(O)c(Oc3c(C=O)c(O)cc(C)c3C(=O)OC)c3c(c2O)C(=O)O[C@@H]3OC)c(O)c(C=O)c1O. The summed E-state index contributed by atoms with van der Waals surface area (Å²) in [5, 5.41) is 54.7. The minimum Gasteiger partial charge on any atom is -0.507 e. The van der Waals surface area contributed by atoms with Crippen LogP contribution in [-0.4, -0.2) is 77.3 Å². The van der Waals surface area contributed by atoms with Crippen molar-refractivity contribution in [3.8, 4) is 40.2 Å². The molecule has 0 saturated heterocycles. The van der Waals surface area contributed by atoms with E-state index in [0.29, 0.717) is 0 Å². The number of methoxy groups -OCH3 is 3. The van der Waals surface area contributed by atoms with E-state index >= 15 is 0 Å². The molecule has 0 aromatic heterocycles. The first-order chi connectivity index (χ1) is 21.3. The normalized spacial score (nSPS) is 13.5. The van der Waals surface area contributed by atoms with Crippen molar-refractivity contribution in [3.63, 3.8) is 0 Å². The summed E-state index contributed by atoms with van der Waals surface area (Å²) in [7, 11) is 3.18. The van der Waals surface area contributed by atoms with Gasteiger partial charge in [-0.25, -0.2) is 14.4 Å². The van der Waals surface area contributed by atoms with E-state index in [1.54, 1.807) is 0 Å². The summed E-state index contributed by atoms with van der Waals surface area (Å²) in [4.78, 5) is 61.9. The van der Waals surface area contributed by atoms with Gasteiger partial charge in [-0.15, -0.1) is 0 Å². The summed E-state index contributed by atoms with van der Waals surface area (Å²) < 4.78 is 25.7. The van der Waals surface area contributed by atoms with Gasteiger partial charge in [0.1, 0.15) is 39.7 Å². The largest absolute Gasteiger partial charge is 0.507 e. The first kappa shape index (κ1) is 32.1. The van der Waals surface area contributed by atoms with Crippen molar-refractivity contribution in [2.75, 3.05) is 21.3 Å². The van der Waals surface area contributed by atoms with Crippen LogP contribution < -0.4 is 4.74 Å². The van der Waals surface area contributed by atoms with Crippen LogP contribution in [0, 0.1) is 13.8 Å². The molecule has 15 heteroatoms. The maximum Gasteiger partial charge on any atom is 0.345 e. The van der Waals surface area contributed by atoms with Crippen LogP contribution >= 0.6 is 0 Å². The average Bonchev–Trinajstić information content (AvgIpc) is 3.34. The fourth-order valence-corrected chi connectivity index (χ4v) is 5.09. The van der Waals surface area contributed by atoms with Gasteiger partial charge in [-0.1, -0.05) is 0 Å². The highest BCUT2D eigenvalue weighted by molar-refractivity contribution is 6.02. The van der Waals surface area contributed by atoms with Gasteiger partial charge in [0.2, 0.25) is 6.29 Å². The third-order valence-electron chi connectivity index (χ3n) is 7.33. The molecule has 45 heavy (non-hydrogen) atoms. The molecule has 0 unspecified atom stereocenters. The number of rotatable bonds is 9. The zero-order valence-electron chi connectivity index (χ0n) is 24.3. The number of carbonyl (C=O) groups is 5. The van der Waals surface area contributed by atoms with Crippen LogP contribution in [0.1, 0.15) is 85.9 Å². The second-order valence-corrected chi connectivity index (χ2v) is 9.68. The predicted molar refractivity (Wildman–Crippen MR) is 149 cm³/mol. The van der Waals surface area contributed by atoms with E-state index in [1.165, 1.54) is 13.8 Å². The maximum atomic E-state index is 12.9. The number of aryl methyl sites for hydroxylation is 1. The number of aromatic hydroxyl groups is 5. The lowest BCUT2D eigenvalue weighted by Crippen LogP contribution is -2.11. The summed E-state index contributed by atoms with van der Waals surface area (Å²) in [6.07, 6.45) is -2.06. The van der Waals surface area contributed by atoms with E-state index in [0.717, 1.165) is 27.4 Å². The number of fused-ring (bicyclic) bond motifs is 1. The second-order valence-electron chi connectivity index (χ2n) is 9.68. The molecule has 0 radical (unpaired) electrons. The zero-order chi connectivity index (χ0) is 33.5. The smallest absolute Gasteiger partial charge is 0.345 e. The molecule has 15 nitrogen and oxygen atoms in total. The highest BCUT2D eigenvalue weighted by atomic mass is 16.7. The molecular weight excluding hydrogens is 600 g/mol. The van der Waals surface area contributed by atoms with Gasteiger partial charge in [-0.2, -0.15) is 0 Å². The van der Waals surface area contributed by atoms with Crippen molar-refractivity contribution in [3.05, 3.63) is 61.7 Å². The molecule has 4 rings (SSSR count). The van der Waals surface area contributed by atoms with Crippen LogP contribution in [0.15, 0.2) is 6.07 Å². The van der Waals surface area contributed by atoms with Crippen LogP contribution in [0.3, 0.4) is 0 Å². The van der Waals surface area contributed by atoms with Gasteiger partial charge in [0.15, 0.2) is 29.8 Å². The molecule has 1 atom stereocenters. The number of phenols is 5. The number of ether oxygens (including phenoxy) is 5. The second kappa shape index (κ2) is 12.0. The first-order valence-corrected chi connectivity index (χ1v) is 12.8. The highest BCUT2D eigenvalue weighted by Crippen LogP contribution is 2.54. The number of aldehydes is 2. The number of phenolic OH excluding ortho intramolecular Hbond substituents is 5. The van der Waals surface area contributed by atoms with E-state index in [4.69, 9.17) is 18.9 Å². The quantitative estimate of drug-likeness (QED) is 0.130. The molecule has 0 saturated carbocycles. The van der Waals surface area contributed by atoms with Crippen LogP contribution in [0.2, 0.25) is 0 Å². The first-order valence-electron chi connectivity index (χ1n) is 12.8. The van der Waals surface area contributed by atoms with Gasteiger partial charge >= 0.3 is 17.9 Å².